The van der Waals surface area contributed by atoms with Crippen LogP contribution in [0.5, 0.6) is 11.5 Å². The molecule has 1 aliphatic rings. The molecule has 3 aromatic rings. The molecular weight excluding hydrogens is 330 g/mol. The molecule has 0 spiro atoms. The summed E-state index contributed by atoms with van der Waals surface area (Å²) in [4.78, 5) is 12.3. The lowest BCUT2D eigenvalue weighted by atomic mass is 9.87. The number of hydrogen-bond acceptors (Lipinski definition) is 4. The molecule has 0 saturated carbocycles. The molecule has 2 heterocycles. The number of rotatable bonds is 4. The Morgan fingerprint density at radius 3 is 2.58 bits per heavy atom. The Morgan fingerprint density at radius 1 is 1.08 bits per heavy atom. The number of amides is 1. The van der Waals surface area contributed by atoms with E-state index in [1.165, 1.54) is 0 Å². The highest BCUT2D eigenvalue weighted by atomic mass is 16.5. The summed E-state index contributed by atoms with van der Waals surface area (Å²) in [5.74, 6) is 2.17. The van der Waals surface area contributed by atoms with Gasteiger partial charge >= 0.3 is 0 Å². The van der Waals surface area contributed by atoms with Gasteiger partial charge in [0.05, 0.1) is 26.1 Å². The van der Waals surface area contributed by atoms with Gasteiger partial charge < -0.3 is 14.8 Å². The van der Waals surface area contributed by atoms with Crippen molar-refractivity contribution in [1.29, 1.82) is 0 Å². The number of nitrogens with zero attached hydrogens (tertiary/aromatic N) is 2. The van der Waals surface area contributed by atoms with Gasteiger partial charge in [-0.1, -0.05) is 12.1 Å². The van der Waals surface area contributed by atoms with Crippen molar-refractivity contribution >= 4 is 11.7 Å². The SMILES string of the molecule is COc1ccc(-n2ncc3c2NC(=O)CC3c2cccc(OC)c2)cc1. The van der Waals surface area contributed by atoms with Gasteiger partial charge in [-0.25, -0.2) is 4.68 Å². The Labute approximate surface area is 151 Å². The standard InChI is InChI=1S/C20H19N3O3/c1-25-15-8-6-14(7-9-15)23-20-18(12-21-23)17(11-19(24)22-20)13-4-3-5-16(10-13)26-2/h3-10,12,17H,11H2,1-2H3,(H,22,24). The topological polar surface area (TPSA) is 65.4 Å². The van der Waals surface area contributed by atoms with Gasteiger partial charge in [0.25, 0.3) is 0 Å². The van der Waals surface area contributed by atoms with E-state index in [9.17, 15) is 4.79 Å². The van der Waals surface area contributed by atoms with Crippen LogP contribution in [-0.2, 0) is 4.79 Å². The van der Waals surface area contributed by atoms with E-state index in [1.54, 1.807) is 18.9 Å². The first-order chi connectivity index (χ1) is 12.7. The van der Waals surface area contributed by atoms with Gasteiger partial charge in [-0.2, -0.15) is 5.10 Å². The van der Waals surface area contributed by atoms with Crippen LogP contribution in [0.3, 0.4) is 0 Å². The van der Waals surface area contributed by atoms with Gasteiger partial charge in [-0.05, 0) is 42.0 Å². The van der Waals surface area contributed by atoms with Crippen LogP contribution < -0.4 is 14.8 Å². The predicted octanol–water partition coefficient (Wildman–Crippen LogP) is 3.36. The average Bonchev–Trinajstić information content (AvgIpc) is 3.11. The minimum atomic E-state index is -0.0548. The number of fused-ring (bicyclic) bond motifs is 1. The summed E-state index contributed by atoms with van der Waals surface area (Å²) in [7, 11) is 3.27. The van der Waals surface area contributed by atoms with Gasteiger partial charge in [-0.15, -0.1) is 0 Å². The summed E-state index contributed by atoms with van der Waals surface area (Å²) < 4.78 is 12.3. The fourth-order valence-corrected chi connectivity index (χ4v) is 3.29. The summed E-state index contributed by atoms with van der Waals surface area (Å²) >= 11 is 0. The number of methoxy groups -OCH3 is 2. The molecule has 26 heavy (non-hydrogen) atoms. The molecule has 1 atom stereocenters. The van der Waals surface area contributed by atoms with Crippen LogP contribution in [0.2, 0.25) is 0 Å². The summed E-state index contributed by atoms with van der Waals surface area (Å²) in [6.45, 7) is 0. The van der Waals surface area contributed by atoms with Crippen LogP contribution in [0.4, 0.5) is 5.82 Å². The molecule has 6 heteroatoms. The van der Waals surface area contributed by atoms with E-state index >= 15 is 0 Å². The van der Waals surface area contributed by atoms with Gasteiger partial charge in [0, 0.05) is 17.9 Å². The van der Waals surface area contributed by atoms with E-state index in [0.717, 1.165) is 28.3 Å². The first kappa shape index (κ1) is 16.2. The number of benzene rings is 2. The van der Waals surface area contributed by atoms with Gasteiger partial charge in [0.1, 0.15) is 17.3 Å². The Morgan fingerprint density at radius 2 is 1.85 bits per heavy atom. The van der Waals surface area contributed by atoms with Gasteiger partial charge in [-0.3, -0.25) is 4.79 Å². The fraction of sp³-hybridized carbons (Fsp3) is 0.200. The molecule has 0 radical (unpaired) electrons. The van der Waals surface area contributed by atoms with Crippen molar-refractivity contribution in [2.45, 2.75) is 12.3 Å². The lowest BCUT2D eigenvalue weighted by molar-refractivity contribution is -0.116. The Kier molecular flexibility index (Phi) is 4.08. The second-order valence-electron chi connectivity index (χ2n) is 6.14. The molecule has 0 fully saturated rings. The molecule has 0 aliphatic carbocycles. The molecule has 1 unspecified atom stereocenters. The third kappa shape index (κ3) is 2.79. The monoisotopic (exact) mass is 349 g/mol. The minimum absolute atomic E-state index is 0.0272. The van der Waals surface area contributed by atoms with Crippen molar-refractivity contribution in [3.05, 3.63) is 65.9 Å². The number of anilines is 1. The molecule has 6 nitrogen and oxygen atoms in total. The lowest BCUT2D eigenvalue weighted by Crippen LogP contribution is -2.24. The maximum absolute atomic E-state index is 12.3. The van der Waals surface area contributed by atoms with Crippen LogP contribution in [0.25, 0.3) is 5.69 Å². The molecule has 1 N–H and O–H groups in total. The largest absolute Gasteiger partial charge is 0.497 e. The van der Waals surface area contributed by atoms with Crippen molar-refractivity contribution < 1.29 is 14.3 Å². The number of hydrogen-bond donors (Lipinski definition) is 1. The van der Waals surface area contributed by atoms with Crippen LogP contribution in [0, 0.1) is 0 Å². The van der Waals surface area contributed by atoms with Crippen LogP contribution in [-0.4, -0.2) is 29.9 Å². The molecule has 2 aromatic carbocycles. The van der Waals surface area contributed by atoms with E-state index in [2.05, 4.69) is 10.4 Å². The van der Waals surface area contributed by atoms with Crippen molar-refractivity contribution in [1.82, 2.24) is 9.78 Å². The molecule has 132 valence electrons. The Hall–Kier alpha value is -3.28. The lowest BCUT2D eigenvalue weighted by Gasteiger charge is -2.24. The summed E-state index contributed by atoms with van der Waals surface area (Å²) in [6, 6.07) is 15.4. The first-order valence-electron chi connectivity index (χ1n) is 8.35. The van der Waals surface area contributed by atoms with E-state index in [-0.39, 0.29) is 11.8 Å². The number of carbonyl (C=O) groups is 1. The third-order valence-corrected chi connectivity index (χ3v) is 4.63. The maximum Gasteiger partial charge on any atom is 0.226 e. The van der Waals surface area contributed by atoms with Crippen molar-refractivity contribution in [2.75, 3.05) is 19.5 Å². The first-order valence-corrected chi connectivity index (χ1v) is 8.35. The van der Waals surface area contributed by atoms with E-state index < -0.39 is 0 Å². The third-order valence-electron chi connectivity index (χ3n) is 4.63. The molecule has 0 saturated heterocycles. The van der Waals surface area contributed by atoms with Crippen LogP contribution >= 0.6 is 0 Å². The Balaban J connectivity index is 1.76. The normalized spacial score (nSPS) is 15.9. The zero-order valence-electron chi connectivity index (χ0n) is 14.6. The zero-order chi connectivity index (χ0) is 18.1. The van der Waals surface area contributed by atoms with Gasteiger partial charge in [0.15, 0.2) is 0 Å². The second kappa shape index (κ2) is 6.55. The maximum atomic E-state index is 12.3. The predicted molar refractivity (Wildman–Crippen MR) is 98.2 cm³/mol. The van der Waals surface area contributed by atoms with Crippen molar-refractivity contribution in [2.24, 2.45) is 0 Å². The molecule has 0 bridgehead atoms. The van der Waals surface area contributed by atoms with E-state index in [0.29, 0.717) is 12.2 Å². The van der Waals surface area contributed by atoms with Crippen molar-refractivity contribution in [3.8, 4) is 17.2 Å². The Bertz CT molecular complexity index is 947. The molecular formula is C20H19N3O3. The number of aromatic nitrogens is 2. The quantitative estimate of drug-likeness (QED) is 0.784. The summed E-state index contributed by atoms with van der Waals surface area (Å²) in [5, 5.41) is 7.47. The average molecular weight is 349 g/mol. The van der Waals surface area contributed by atoms with E-state index in [1.807, 2.05) is 54.7 Å². The molecule has 1 aromatic heterocycles. The zero-order valence-corrected chi connectivity index (χ0v) is 14.6. The smallest absolute Gasteiger partial charge is 0.226 e. The highest BCUT2D eigenvalue weighted by Gasteiger charge is 2.30. The molecule has 1 amide bonds. The number of nitrogens with one attached hydrogen (secondary N) is 1. The second-order valence-corrected chi connectivity index (χ2v) is 6.14. The highest BCUT2D eigenvalue weighted by molar-refractivity contribution is 5.94. The minimum Gasteiger partial charge on any atom is -0.497 e. The number of carbonyl (C=O) groups excluding carboxylic acids is 1. The van der Waals surface area contributed by atoms with Crippen LogP contribution in [0.15, 0.2) is 54.7 Å². The van der Waals surface area contributed by atoms with Crippen molar-refractivity contribution in [3.63, 3.8) is 0 Å². The molecule has 1 aliphatic heterocycles. The number of ether oxygens (including phenoxy) is 2. The van der Waals surface area contributed by atoms with Crippen LogP contribution in [0.1, 0.15) is 23.5 Å². The summed E-state index contributed by atoms with van der Waals surface area (Å²) in [5.41, 5.74) is 2.89. The van der Waals surface area contributed by atoms with Gasteiger partial charge in [0.2, 0.25) is 5.91 Å². The summed E-state index contributed by atoms with van der Waals surface area (Å²) in [6.07, 6.45) is 2.21. The fourth-order valence-electron chi connectivity index (χ4n) is 3.29. The highest BCUT2D eigenvalue weighted by Crippen LogP contribution is 2.38. The van der Waals surface area contributed by atoms with E-state index in [4.69, 9.17) is 9.47 Å². The molecule has 4 rings (SSSR count).